The van der Waals surface area contributed by atoms with E-state index in [-0.39, 0.29) is 12.0 Å². The van der Waals surface area contributed by atoms with E-state index in [0.717, 1.165) is 27.6 Å². The summed E-state index contributed by atoms with van der Waals surface area (Å²) in [6, 6.07) is 9.79. The maximum atomic E-state index is 12.6. The molecule has 2 aromatic heterocycles. The first-order chi connectivity index (χ1) is 12.0. The summed E-state index contributed by atoms with van der Waals surface area (Å²) >= 11 is 3.05. The van der Waals surface area contributed by atoms with Crippen molar-refractivity contribution in [2.45, 2.75) is 33.4 Å². The van der Waals surface area contributed by atoms with Gasteiger partial charge < -0.3 is 10.1 Å². The van der Waals surface area contributed by atoms with Gasteiger partial charge in [0.1, 0.15) is 15.6 Å². The normalized spacial score (nSPS) is 10.9. The highest BCUT2D eigenvalue weighted by atomic mass is 32.1. The maximum Gasteiger partial charge on any atom is 0.263 e. The Morgan fingerprint density at radius 2 is 2.08 bits per heavy atom. The molecule has 0 spiro atoms. The van der Waals surface area contributed by atoms with E-state index in [0.29, 0.717) is 11.4 Å². The average Bonchev–Trinajstić information content (AvgIpc) is 3.22. The number of hydrogen-bond donors (Lipinski definition) is 1. The van der Waals surface area contributed by atoms with E-state index in [1.165, 1.54) is 11.3 Å². The number of carbonyl (C=O) groups is 1. The van der Waals surface area contributed by atoms with Crippen molar-refractivity contribution < 1.29 is 9.53 Å². The van der Waals surface area contributed by atoms with Crippen molar-refractivity contribution in [3.8, 4) is 16.3 Å². The molecule has 0 saturated carbocycles. The summed E-state index contributed by atoms with van der Waals surface area (Å²) in [5.74, 6) is 0.702. The molecule has 25 heavy (non-hydrogen) atoms. The summed E-state index contributed by atoms with van der Waals surface area (Å²) in [5, 5.41) is 7.92. The molecule has 0 bridgehead atoms. The van der Waals surface area contributed by atoms with E-state index >= 15 is 0 Å². The first-order valence-electron chi connectivity index (χ1n) is 8.07. The Hall–Kier alpha value is -2.18. The number of aromatic nitrogens is 1. The minimum Gasteiger partial charge on any atom is -0.491 e. The first kappa shape index (κ1) is 17.6. The van der Waals surface area contributed by atoms with Gasteiger partial charge in [0.05, 0.1) is 11.8 Å². The zero-order valence-electron chi connectivity index (χ0n) is 14.4. The molecule has 3 aromatic rings. The van der Waals surface area contributed by atoms with Crippen LogP contribution in [0.2, 0.25) is 0 Å². The lowest BCUT2D eigenvalue weighted by molar-refractivity contribution is 0.0954. The molecule has 6 heteroatoms. The van der Waals surface area contributed by atoms with Crippen LogP contribution in [0, 0.1) is 6.92 Å². The van der Waals surface area contributed by atoms with E-state index < -0.39 is 0 Å². The van der Waals surface area contributed by atoms with Crippen molar-refractivity contribution in [2.75, 3.05) is 0 Å². The lowest BCUT2D eigenvalue weighted by Gasteiger charge is -2.14. The van der Waals surface area contributed by atoms with E-state index in [2.05, 4.69) is 10.3 Å². The van der Waals surface area contributed by atoms with E-state index in [4.69, 9.17) is 4.74 Å². The average molecular weight is 373 g/mol. The highest BCUT2D eigenvalue weighted by Crippen LogP contribution is 2.29. The molecule has 1 aromatic carbocycles. The van der Waals surface area contributed by atoms with Crippen LogP contribution in [-0.2, 0) is 6.54 Å². The Labute approximate surface area is 155 Å². The molecule has 0 unspecified atom stereocenters. The molecule has 1 amide bonds. The van der Waals surface area contributed by atoms with E-state index in [1.54, 1.807) is 11.3 Å². The summed E-state index contributed by atoms with van der Waals surface area (Å²) in [6.07, 6.45) is 0.0914. The molecular formula is C19H20N2O2S2. The van der Waals surface area contributed by atoms with Crippen LogP contribution in [0.25, 0.3) is 10.6 Å². The number of hydrogen-bond acceptors (Lipinski definition) is 5. The Bertz CT molecular complexity index is 854. The summed E-state index contributed by atoms with van der Waals surface area (Å²) in [5.41, 5.74) is 2.79. The third-order valence-electron chi connectivity index (χ3n) is 3.55. The lowest BCUT2D eigenvalue weighted by atomic mass is 10.2. The van der Waals surface area contributed by atoms with Gasteiger partial charge in [0.15, 0.2) is 0 Å². The van der Waals surface area contributed by atoms with Crippen molar-refractivity contribution in [3.05, 3.63) is 57.2 Å². The smallest absolute Gasteiger partial charge is 0.263 e. The molecule has 1 N–H and O–H groups in total. The summed E-state index contributed by atoms with van der Waals surface area (Å²) in [6.45, 7) is 6.27. The van der Waals surface area contributed by atoms with Gasteiger partial charge >= 0.3 is 0 Å². The van der Waals surface area contributed by atoms with Crippen LogP contribution in [0.3, 0.4) is 0 Å². The second kappa shape index (κ2) is 7.80. The Morgan fingerprint density at radius 3 is 2.80 bits per heavy atom. The molecule has 0 radical (unpaired) electrons. The van der Waals surface area contributed by atoms with Crippen molar-refractivity contribution in [1.82, 2.24) is 10.3 Å². The van der Waals surface area contributed by atoms with Crippen LogP contribution in [-0.4, -0.2) is 17.0 Å². The second-order valence-corrected chi connectivity index (χ2v) is 7.68. The summed E-state index contributed by atoms with van der Waals surface area (Å²) < 4.78 is 5.80. The number of carbonyl (C=O) groups excluding carboxylic acids is 1. The predicted octanol–water partition coefficient (Wildman–Crippen LogP) is 4.90. The molecule has 0 aliphatic rings. The largest absolute Gasteiger partial charge is 0.491 e. The maximum absolute atomic E-state index is 12.6. The van der Waals surface area contributed by atoms with Crippen molar-refractivity contribution in [3.63, 3.8) is 0 Å². The van der Waals surface area contributed by atoms with Gasteiger partial charge in [0.25, 0.3) is 5.91 Å². The lowest BCUT2D eigenvalue weighted by Crippen LogP contribution is -2.23. The van der Waals surface area contributed by atoms with E-state index in [9.17, 15) is 4.79 Å². The van der Waals surface area contributed by atoms with Gasteiger partial charge in [-0.15, -0.1) is 11.3 Å². The van der Waals surface area contributed by atoms with Crippen molar-refractivity contribution in [1.29, 1.82) is 0 Å². The standard InChI is InChI=1S/C19H20N2O2S2/c1-12(2)23-16-7-5-4-6-14(16)10-20-18(22)17-13(3)21-19(25-17)15-8-9-24-11-15/h4-9,11-12H,10H2,1-3H3,(H,20,22). The molecule has 0 aliphatic heterocycles. The van der Waals surface area contributed by atoms with Gasteiger partial charge in [-0.25, -0.2) is 4.98 Å². The Morgan fingerprint density at radius 1 is 1.28 bits per heavy atom. The van der Waals surface area contributed by atoms with Gasteiger partial charge in [0.2, 0.25) is 0 Å². The molecule has 0 fully saturated rings. The van der Waals surface area contributed by atoms with E-state index in [1.807, 2.05) is 61.9 Å². The number of nitrogens with one attached hydrogen (secondary N) is 1. The van der Waals surface area contributed by atoms with Crippen molar-refractivity contribution >= 4 is 28.6 Å². The number of para-hydroxylation sites is 1. The zero-order chi connectivity index (χ0) is 17.8. The Kier molecular flexibility index (Phi) is 5.50. The summed E-state index contributed by atoms with van der Waals surface area (Å²) in [4.78, 5) is 17.8. The minimum atomic E-state index is -0.101. The fraction of sp³-hybridized carbons (Fsp3) is 0.263. The molecule has 2 heterocycles. The number of nitrogens with zero attached hydrogens (tertiary/aromatic N) is 1. The molecule has 0 aliphatic carbocycles. The first-order valence-corrected chi connectivity index (χ1v) is 9.83. The quantitative estimate of drug-likeness (QED) is 0.670. The fourth-order valence-corrected chi connectivity index (χ4v) is 4.09. The number of thiophene rings is 1. The molecule has 3 rings (SSSR count). The molecule has 4 nitrogen and oxygen atoms in total. The number of rotatable bonds is 6. The number of thiazole rings is 1. The van der Waals surface area contributed by atoms with Crippen molar-refractivity contribution in [2.24, 2.45) is 0 Å². The number of benzene rings is 1. The third kappa shape index (κ3) is 4.27. The fourth-order valence-electron chi connectivity index (χ4n) is 2.39. The number of amides is 1. The van der Waals surface area contributed by atoms with Crippen LogP contribution in [0.1, 0.15) is 34.8 Å². The minimum absolute atomic E-state index is 0.0914. The topological polar surface area (TPSA) is 51.2 Å². The summed E-state index contributed by atoms with van der Waals surface area (Å²) in [7, 11) is 0. The highest BCUT2D eigenvalue weighted by Gasteiger charge is 2.17. The Balaban J connectivity index is 1.72. The van der Waals surface area contributed by atoms with Crippen LogP contribution >= 0.6 is 22.7 Å². The number of ether oxygens (including phenoxy) is 1. The molecule has 130 valence electrons. The predicted molar refractivity (Wildman–Crippen MR) is 104 cm³/mol. The van der Waals surface area contributed by atoms with Gasteiger partial charge in [-0.2, -0.15) is 11.3 Å². The third-order valence-corrected chi connectivity index (χ3v) is 5.43. The van der Waals surface area contributed by atoms with Crippen LogP contribution in [0.15, 0.2) is 41.1 Å². The van der Waals surface area contributed by atoms with Gasteiger partial charge in [0, 0.05) is 23.1 Å². The number of aryl methyl sites for hydroxylation is 1. The van der Waals surface area contributed by atoms with Crippen LogP contribution in [0.5, 0.6) is 5.75 Å². The van der Waals surface area contributed by atoms with Gasteiger partial charge in [-0.3, -0.25) is 4.79 Å². The van der Waals surface area contributed by atoms with Gasteiger partial charge in [-0.05, 0) is 38.3 Å². The SMILES string of the molecule is Cc1nc(-c2ccsc2)sc1C(=O)NCc1ccccc1OC(C)C. The zero-order valence-corrected chi connectivity index (χ0v) is 16.0. The molecule has 0 atom stereocenters. The van der Waals surface area contributed by atoms with Crippen LogP contribution < -0.4 is 10.1 Å². The monoisotopic (exact) mass is 372 g/mol. The molecule has 0 saturated heterocycles. The van der Waals surface area contributed by atoms with Crippen LogP contribution in [0.4, 0.5) is 0 Å². The second-order valence-electron chi connectivity index (χ2n) is 5.90. The highest BCUT2D eigenvalue weighted by molar-refractivity contribution is 7.17. The van der Waals surface area contributed by atoms with Gasteiger partial charge in [-0.1, -0.05) is 18.2 Å². The molecular weight excluding hydrogens is 352 g/mol.